The average molecular weight is 1390 g/mol. The summed E-state index contributed by atoms with van der Waals surface area (Å²) >= 11 is 0. The van der Waals surface area contributed by atoms with Gasteiger partial charge in [0.2, 0.25) is 17.7 Å². The first-order valence-corrected chi connectivity index (χ1v) is 38.2. The second kappa shape index (κ2) is 30.3. The lowest BCUT2D eigenvalue weighted by Gasteiger charge is -2.47. The number of unbranched alkanes of at least 4 members (excludes halogenated alkanes) is 6. The van der Waals surface area contributed by atoms with Crippen molar-refractivity contribution in [1.82, 2.24) is 79.6 Å². The molecule has 0 atom stereocenters. The van der Waals surface area contributed by atoms with E-state index in [0.29, 0.717) is 17.7 Å². The van der Waals surface area contributed by atoms with Crippen LogP contribution in [0.25, 0.3) is 0 Å². The number of hydrogen-bond acceptors (Lipinski definition) is 24. The maximum absolute atomic E-state index is 7.01. The van der Waals surface area contributed by atoms with Crippen molar-refractivity contribution < 1.29 is 28.7 Å². The standard InChI is InChI=1S/C75H140N18O6/c1-64(2)40-52(41-65(3,4)84-64)94-61-37-58(78-91(81-61)97-55-46-70(13,14)87-71(15,16)47-55)76-33-29-25-27-31-35-90(60-39-63(96-54-44-68(9,10)86-69(11,12)45-54)83-93(80-60)99-57-50-74(21,22)89-75(23,24)51-57)36-32-28-26-30-34-77-59-38-62(95-53-42-66(5,6)85-67(7,8)43-53)82-92(79-59)98-56-48-72(17,18)88-73(19,20)49-56/h37-39,52-57,76-80,84-89H,25-36,40-51H2,1-24H3. The Bertz CT molecular complexity index is 2680. The van der Waals surface area contributed by atoms with Crippen molar-refractivity contribution in [1.29, 1.82) is 0 Å². The highest BCUT2D eigenvalue weighted by molar-refractivity contribution is 5.89. The van der Waals surface area contributed by atoms with Gasteiger partial charge in [0.15, 0.2) is 0 Å². The fraction of sp³-hybridized carbons (Fsp3) is 0.880. The Hall–Kier alpha value is -4.53. The summed E-state index contributed by atoms with van der Waals surface area (Å²) in [5.74, 6) is 4.22. The van der Waals surface area contributed by atoms with Crippen LogP contribution in [0.5, 0.6) is 0 Å². The molecule has 0 aromatic heterocycles. The summed E-state index contributed by atoms with van der Waals surface area (Å²) in [5.41, 5.74) is 9.46. The third kappa shape index (κ3) is 25.4. The second-order valence-corrected chi connectivity index (χ2v) is 39.0. The Balaban J connectivity index is 0.853. The molecule has 0 aromatic carbocycles. The van der Waals surface area contributed by atoms with Crippen molar-refractivity contribution in [2.75, 3.05) is 26.2 Å². The molecule has 24 heteroatoms. The van der Waals surface area contributed by atoms with E-state index in [4.69, 9.17) is 44.0 Å². The third-order valence-electron chi connectivity index (χ3n) is 20.2. The van der Waals surface area contributed by atoms with E-state index in [1.165, 1.54) is 10.6 Å². The molecule has 0 aliphatic carbocycles. The van der Waals surface area contributed by atoms with Gasteiger partial charge in [-0.1, -0.05) is 56.8 Å². The fourth-order valence-corrected chi connectivity index (χ4v) is 19.0. The lowest BCUT2D eigenvalue weighted by Crippen LogP contribution is -2.61. The number of ether oxygens (including phenoxy) is 3. The quantitative estimate of drug-likeness (QED) is 0.0361. The molecule has 0 bridgehead atoms. The SMILES string of the molecule is CC1(C)CC(OC2=NN(OC3CC(C)(C)NC(C)(C)C3)NC(NCCCCCCN(CCCCCCNC3=CC(OC4CC(C)(C)NC(C)(C)C4)=NN(OC4CC(C)(C)NC(C)(C)C4)N3)C3=CC(OC4CC(C)(C)NC(C)(C)C4)=NN(OC4CC(C)(C)NC(C)(C)C4)N3)=C2)CC(C)(C)N1. The van der Waals surface area contributed by atoms with Gasteiger partial charge < -0.3 is 61.6 Å². The van der Waals surface area contributed by atoms with E-state index in [-0.39, 0.29) is 103 Å². The smallest absolute Gasteiger partial charge is 0.239 e. The van der Waals surface area contributed by atoms with Crippen LogP contribution in [0.3, 0.4) is 0 Å². The minimum Gasteiger partial charge on any atom is -0.473 e. The van der Waals surface area contributed by atoms with Gasteiger partial charge in [-0.25, -0.2) is 30.8 Å². The summed E-state index contributed by atoms with van der Waals surface area (Å²) in [5, 5.41) is 49.8. The zero-order valence-electron chi connectivity index (χ0n) is 66.2. The van der Waals surface area contributed by atoms with E-state index in [2.05, 4.69) is 236 Å². The van der Waals surface area contributed by atoms with Gasteiger partial charge >= 0.3 is 0 Å². The minimum atomic E-state index is -0.116. The number of piperidine rings is 6. The maximum Gasteiger partial charge on any atom is 0.239 e. The van der Waals surface area contributed by atoms with Crippen LogP contribution in [-0.2, 0) is 28.7 Å². The Labute approximate surface area is 598 Å². The monoisotopic (exact) mass is 1390 g/mol. The first-order chi connectivity index (χ1) is 45.6. The van der Waals surface area contributed by atoms with E-state index in [9.17, 15) is 0 Å². The molecule has 6 saturated heterocycles. The van der Waals surface area contributed by atoms with Crippen molar-refractivity contribution >= 4 is 17.7 Å². The average Bonchev–Trinajstić information content (AvgIpc) is 0.831. The molecule has 0 spiro atoms. The largest absolute Gasteiger partial charge is 0.473 e. The summed E-state index contributed by atoms with van der Waals surface area (Å²) in [7, 11) is 0. The van der Waals surface area contributed by atoms with Gasteiger partial charge in [-0.15, -0.1) is 0 Å². The molecule has 11 N–H and O–H groups in total. The van der Waals surface area contributed by atoms with Crippen LogP contribution >= 0.6 is 0 Å². The number of nitrogens with one attached hydrogen (secondary N) is 11. The lowest BCUT2D eigenvalue weighted by atomic mass is 9.81. The third-order valence-corrected chi connectivity index (χ3v) is 20.2. The van der Waals surface area contributed by atoms with Crippen LogP contribution in [0.2, 0.25) is 0 Å². The van der Waals surface area contributed by atoms with Crippen molar-refractivity contribution in [2.24, 2.45) is 15.3 Å². The van der Waals surface area contributed by atoms with Crippen LogP contribution in [-0.4, -0.2) is 168 Å². The maximum atomic E-state index is 7.01. The predicted octanol–water partition coefficient (Wildman–Crippen LogP) is 11.2. The molecule has 0 aromatic rings. The topological polar surface area (TPSA) is 238 Å². The molecule has 0 amide bonds. The number of hydrazine groups is 3. The fourth-order valence-electron chi connectivity index (χ4n) is 19.0. The van der Waals surface area contributed by atoms with E-state index in [1.54, 1.807) is 5.28 Å². The zero-order chi connectivity index (χ0) is 72.5. The molecule has 9 heterocycles. The number of hydrogen-bond donors (Lipinski definition) is 11. The molecule has 6 fully saturated rings. The molecule has 0 unspecified atom stereocenters. The van der Waals surface area contributed by atoms with E-state index in [0.717, 1.165) is 172 Å². The van der Waals surface area contributed by atoms with Crippen molar-refractivity contribution in [3.05, 3.63) is 35.7 Å². The molecule has 99 heavy (non-hydrogen) atoms. The first kappa shape index (κ1) is 78.6. The van der Waals surface area contributed by atoms with Crippen molar-refractivity contribution in [3.8, 4) is 0 Å². The van der Waals surface area contributed by atoms with Gasteiger partial charge in [0.05, 0.1) is 18.3 Å². The molecule has 9 aliphatic rings. The van der Waals surface area contributed by atoms with Gasteiger partial charge in [0, 0.05) is 149 Å². The van der Waals surface area contributed by atoms with Crippen LogP contribution in [0, 0.1) is 0 Å². The predicted molar refractivity (Wildman–Crippen MR) is 398 cm³/mol. The zero-order valence-corrected chi connectivity index (χ0v) is 66.2. The van der Waals surface area contributed by atoms with E-state index >= 15 is 0 Å². The summed E-state index contributed by atoms with van der Waals surface area (Å²) < 4.78 is 20.6. The summed E-state index contributed by atoms with van der Waals surface area (Å²) in [6, 6.07) is 0. The Morgan fingerprint density at radius 3 is 0.828 bits per heavy atom. The minimum absolute atomic E-state index is 0.00508. The number of rotatable bonds is 26. The van der Waals surface area contributed by atoms with Gasteiger partial charge in [-0.3, -0.25) is 0 Å². The molecule has 24 nitrogen and oxygen atoms in total. The van der Waals surface area contributed by atoms with Gasteiger partial charge in [0.1, 0.15) is 35.8 Å². The van der Waals surface area contributed by atoms with Crippen LogP contribution in [0.1, 0.15) is 295 Å². The second-order valence-electron chi connectivity index (χ2n) is 39.0. The lowest BCUT2D eigenvalue weighted by molar-refractivity contribution is -0.245. The Morgan fingerprint density at radius 2 is 0.556 bits per heavy atom. The van der Waals surface area contributed by atoms with E-state index < -0.39 is 0 Å². The molecule has 566 valence electrons. The van der Waals surface area contributed by atoms with E-state index in [1.807, 2.05) is 12.2 Å². The van der Waals surface area contributed by atoms with Gasteiger partial charge in [0.25, 0.3) is 0 Å². The van der Waals surface area contributed by atoms with Gasteiger partial charge in [-0.2, -0.15) is 0 Å². The Kier molecular flexibility index (Phi) is 24.0. The normalized spacial score (nSPS) is 27.1. The summed E-state index contributed by atoms with van der Waals surface area (Å²) in [6.07, 6.45) is 24.3. The summed E-state index contributed by atoms with van der Waals surface area (Å²) in [4.78, 5) is 22.8. The molecule has 9 aliphatic heterocycles. The van der Waals surface area contributed by atoms with Gasteiger partial charge in [-0.05, 0) is 230 Å². The number of hydrazone groups is 3. The Morgan fingerprint density at radius 1 is 0.323 bits per heavy atom. The highest BCUT2D eigenvalue weighted by Gasteiger charge is 2.46. The first-order valence-electron chi connectivity index (χ1n) is 38.2. The summed E-state index contributed by atoms with van der Waals surface area (Å²) in [6.45, 7) is 57.3. The highest BCUT2D eigenvalue weighted by Crippen LogP contribution is 2.38. The molecule has 9 rings (SSSR count). The van der Waals surface area contributed by atoms with Crippen molar-refractivity contribution in [3.63, 3.8) is 0 Å². The van der Waals surface area contributed by atoms with Crippen LogP contribution in [0.4, 0.5) is 0 Å². The molecule has 0 radical (unpaired) electrons. The van der Waals surface area contributed by atoms with Crippen molar-refractivity contribution in [2.45, 2.75) is 398 Å². The van der Waals surface area contributed by atoms with Crippen LogP contribution in [0.15, 0.2) is 51.0 Å². The number of nitrogens with zero attached hydrogens (tertiary/aromatic N) is 7. The molecular formula is C75H140N18O6. The van der Waals surface area contributed by atoms with Crippen LogP contribution < -0.4 is 58.8 Å². The molecule has 0 saturated carbocycles. The molecular weight excluding hydrogens is 1250 g/mol. The highest BCUT2D eigenvalue weighted by atomic mass is 16.8.